The molecule has 1 amide bonds. The molecule has 0 aliphatic carbocycles. The van der Waals surface area contributed by atoms with Crippen LogP contribution in [0.2, 0.25) is 0 Å². The number of carbonyl (C=O) groups is 1. The second kappa shape index (κ2) is 8.08. The van der Waals surface area contributed by atoms with Gasteiger partial charge in [0, 0.05) is 30.4 Å². The molecule has 0 fully saturated rings. The van der Waals surface area contributed by atoms with Crippen molar-refractivity contribution in [1.29, 1.82) is 0 Å². The van der Waals surface area contributed by atoms with Crippen molar-refractivity contribution >= 4 is 27.5 Å². The number of amides is 1. The van der Waals surface area contributed by atoms with Crippen LogP contribution in [0, 0.1) is 0 Å². The number of nitrogens with one attached hydrogen (secondary N) is 2. The lowest BCUT2D eigenvalue weighted by Crippen LogP contribution is -2.31. The molecule has 17 heavy (non-hydrogen) atoms. The van der Waals surface area contributed by atoms with Gasteiger partial charge in [-0.15, -0.1) is 0 Å². The van der Waals surface area contributed by atoms with Crippen LogP contribution in [0.3, 0.4) is 0 Å². The molecule has 0 unspecified atom stereocenters. The molecule has 1 aromatic rings. The van der Waals surface area contributed by atoms with Crippen molar-refractivity contribution in [2.75, 3.05) is 32.1 Å². The minimum Gasteiger partial charge on any atom is -0.385 e. The van der Waals surface area contributed by atoms with E-state index in [0.29, 0.717) is 13.2 Å². The second-order valence-corrected chi connectivity index (χ2v) is 4.48. The molecule has 1 rings (SSSR count). The lowest BCUT2D eigenvalue weighted by atomic mass is 10.3. The number of hydrogen-bond donors (Lipinski definition) is 2. The van der Waals surface area contributed by atoms with Gasteiger partial charge in [0.15, 0.2) is 0 Å². The number of hydrogen-bond acceptors (Lipinski definition) is 3. The molecule has 0 atom stereocenters. The van der Waals surface area contributed by atoms with E-state index in [2.05, 4.69) is 26.6 Å². The van der Waals surface area contributed by atoms with Gasteiger partial charge in [-0.3, -0.25) is 4.79 Å². The predicted octanol–water partition coefficient (Wildman–Crippen LogP) is 2.01. The van der Waals surface area contributed by atoms with Crippen molar-refractivity contribution in [3.05, 3.63) is 28.7 Å². The molecule has 94 valence electrons. The van der Waals surface area contributed by atoms with Crippen LogP contribution >= 0.6 is 15.9 Å². The van der Waals surface area contributed by atoms with Gasteiger partial charge in [-0.1, -0.05) is 22.0 Å². The highest BCUT2D eigenvalue weighted by atomic mass is 79.9. The zero-order valence-corrected chi connectivity index (χ0v) is 11.4. The van der Waals surface area contributed by atoms with E-state index in [1.807, 2.05) is 24.3 Å². The van der Waals surface area contributed by atoms with Crippen LogP contribution in [0.25, 0.3) is 0 Å². The smallest absolute Gasteiger partial charge is 0.239 e. The van der Waals surface area contributed by atoms with Gasteiger partial charge in [-0.25, -0.2) is 0 Å². The molecule has 2 N–H and O–H groups in total. The average molecular weight is 301 g/mol. The number of benzene rings is 1. The van der Waals surface area contributed by atoms with E-state index in [0.717, 1.165) is 16.6 Å². The van der Waals surface area contributed by atoms with Crippen LogP contribution in [0.4, 0.5) is 5.69 Å². The Morgan fingerprint density at radius 1 is 1.47 bits per heavy atom. The molecule has 4 nitrogen and oxygen atoms in total. The van der Waals surface area contributed by atoms with Crippen molar-refractivity contribution in [2.24, 2.45) is 0 Å². The molecule has 0 saturated carbocycles. The van der Waals surface area contributed by atoms with Crippen LogP contribution in [0.1, 0.15) is 6.42 Å². The molecule has 0 aromatic heterocycles. The first-order chi connectivity index (χ1) is 8.22. The van der Waals surface area contributed by atoms with Gasteiger partial charge in [0.1, 0.15) is 0 Å². The summed E-state index contributed by atoms with van der Waals surface area (Å²) in [6, 6.07) is 7.71. The number of anilines is 1. The maximum Gasteiger partial charge on any atom is 0.239 e. The molecule has 0 radical (unpaired) electrons. The van der Waals surface area contributed by atoms with E-state index < -0.39 is 0 Å². The molecule has 0 heterocycles. The standard InChI is InChI=1S/C12H17BrN2O2/c1-17-7-3-6-14-12(16)9-15-11-5-2-4-10(13)8-11/h2,4-5,8,15H,3,6-7,9H2,1H3,(H,14,16). The number of carbonyl (C=O) groups excluding carboxylic acids is 1. The summed E-state index contributed by atoms with van der Waals surface area (Å²) in [5.74, 6) is -0.0129. The largest absolute Gasteiger partial charge is 0.385 e. The molecule has 0 spiro atoms. The zero-order valence-electron chi connectivity index (χ0n) is 9.83. The fourth-order valence-corrected chi connectivity index (χ4v) is 1.69. The maximum atomic E-state index is 11.4. The first-order valence-corrected chi connectivity index (χ1v) is 6.27. The van der Waals surface area contributed by atoms with Crippen molar-refractivity contribution in [1.82, 2.24) is 5.32 Å². The Balaban J connectivity index is 2.19. The van der Waals surface area contributed by atoms with E-state index in [4.69, 9.17) is 4.74 Å². The Kier molecular flexibility index (Phi) is 6.65. The molecule has 0 saturated heterocycles. The normalized spacial score (nSPS) is 10.0. The van der Waals surface area contributed by atoms with Gasteiger partial charge in [0.25, 0.3) is 0 Å². The van der Waals surface area contributed by atoms with Gasteiger partial charge in [-0.05, 0) is 24.6 Å². The highest BCUT2D eigenvalue weighted by molar-refractivity contribution is 9.10. The third-order valence-electron chi connectivity index (χ3n) is 2.13. The molecule has 0 aliphatic heterocycles. The van der Waals surface area contributed by atoms with Gasteiger partial charge < -0.3 is 15.4 Å². The van der Waals surface area contributed by atoms with E-state index in [9.17, 15) is 4.79 Å². The Hall–Kier alpha value is -1.07. The summed E-state index contributed by atoms with van der Waals surface area (Å²) >= 11 is 3.37. The Bertz CT molecular complexity index is 358. The van der Waals surface area contributed by atoms with Crippen molar-refractivity contribution in [2.45, 2.75) is 6.42 Å². The summed E-state index contributed by atoms with van der Waals surface area (Å²) < 4.78 is 5.88. The van der Waals surface area contributed by atoms with Crippen molar-refractivity contribution in [3.63, 3.8) is 0 Å². The quantitative estimate of drug-likeness (QED) is 0.758. The summed E-state index contributed by atoms with van der Waals surface area (Å²) in [6.07, 6.45) is 0.832. The highest BCUT2D eigenvalue weighted by Gasteiger charge is 2.00. The minimum absolute atomic E-state index is 0.0129. The monoisotopic (exact) mass is 300 g/mol. The molecular formula is C12H17BrN2O2. The lowest BCUT2D eigenvalue weighted by molar-refractivity contribution is -0.119. The van der Waals surface area contributed by atoms with Gasteiger partial charge in [0.2, 0.25) is 5.91 Å². The van der Waals surface area contributed by atoms with Crippen LogP contribution in [0.5, 0.6) is 0 Å². The van der Waals surface area contributed by atoms with Gasteiger partial charge >= 0.3 is 0 Å². The SMILES string of the molecule is COCCCNC(=O)CNc1cccc(Br)c1. The lowest BCUT2D eigenvalue weighted by Gasteiger charge is -2.07. The van der Waals surface area contributed by atoms with E-state index in [1.165, 1.54) is 0 Å². The van der Waals surface area contributed by atoms with E-state index in [-0.39, 0.29) is 12.5 Å². The Labute approximate surface area is 110 Å². The first-order valence-electron chi connectivity index (χ1n) is 5.47. The fraction of sp³-hybridized carbons (Fsp3) is 0.417. The number of halogens is 1. The zero-order chi connectivity index (χ0) is 12.5. The predicted molar refractivity (Wildman–Crippen MR) is 72.1 cm³/mol. The topological polar surface area (TPSA) is 50.4 Å². The summed E-state index contributed by atoms with van der Waals surface area (Å²) in [6.45, 7) is 1.59. The summed E-state index contributed by atoms with van der Waals surface area (Å²) in [4.78, 5) is 11.4. The summed E-state index contributed by atoms with van der Waals surface area (Å²) in [5.41, 5.74) is 0.923. The molecular weight excluding hydrogens is 284 g/mol. The Morgan fingerprint density at radius 2 is 2.29 bits per heavy atom. The fourth-order valence-electron chi connectivity index (χ4n) is 1.29. The summed E-state index contributed by atoms with van der Waals surface area (Å²) in [5, 5.41) is 5.86. The van der Waals surface area contributed by atoms with Crippen LogP contribution in [-0.4, -0.2) is 32.7 Å². The number of methoxy groups -OCH3 is 1. The van der Waals surface area contributed by atoms with Gasteiger partial charge in [-0.2, -0.15) is 0 Å². The minimum atomic E-state index is -0.0129. The average Bonchev–Trinajstić information content (AvgIpc) is 2.32. The van der Waals surface area contributed by atoms with E-state index >= 15 is 0 Å². The summed E-state index contributed by atoms with van der Waals surface area (Å²) in [7, 11) is 1.65. The second-order valence-electron chi connectivity index (χ2n) is 3.56. The molecule has 1 aromatic carbocycles. The van der Waals surface area contributed by atoms with Crippen LogP contribution in [-0.2, 0) is 9.53 Å². The van der Waals surface area contributed by atoms with Crippen LogP contribution < -0.4 is 10.6 Å². The molecule has 0 aliphatic rings. The van der Waals surface area contributed by atoms with Crippen molar-refractivity contribution in [3.8, 4) is 0 Å². The maximum absolute atomic E-state index is 11.4. The van der Waals surface area contributed by atoms with Crippen LogP contribution in [0.15, 0.2) is 28.7 Å². The number of ether oxygens (including phenoxy) is 1. The molecule has 0 bridgehead atoms. The number of rotatable bonds is 7. The molecule has 5 heteroatoms. The highest BCUT2D eigenvalue weighted by Crippen LogP contribution is 2.14. The third-order valence-corrected chi connectivity index (χ3v) is 2.62. The Morgan fingerprint density at radius 3 is 3.00 bits per heavy atom. The first kappa shape index (κ1) is 14.0. The van der Waals surface area contributed by atoms with Gasteiger partial charge in [0.05, 0.1) is 6.54 Å². The third kappa shape index (κ3) is 6.28. The van der Waals surface area contributed by atoms with E-state index in [1.54, 1.807) is 7.11 Å². The van der Waals surface area contributed by atoms with Crippen molar-refractivity contribution < 1.29 is 9.53 Å².